The first-order valence-corrected chi connectivity index (χ1v) is 7.24. The molecule has 23 heavy (non-hydrogen) atoms. The Morgan fingerprint density at radius 2 is 1.87 bits per heavy atom. The summed E-state index contributed by atoms with van der Waals surface area (Å²) in [5.74, 6) is 0.510. The molecular weight excluding hydrogens is 305 g/mol. The van der Waals surface area contributed by atoms with Gasteiger partial charge in [-0.25, -0.2) is 0 Å². The van der Waals surface area contributed by atoms with Crippen LogP contribution in [0.3, 0.4) is 0 Å². The second-order valence-corrected chi connectivity index (χ2v) is 5.22. The van der Waals surface area contributed by atoms with Gasteiger partial charge in [0.05, 0.1) is 5.56 Å². The minimum atomic E-state index is -4.37. The van der Waals surface area contributed by atoms with E-state index in [0.29, 0.717) is 23.3 Å². The van der Waals surface area contributed by atoms with Crippen molar-refractivity contribution < 1.29 is 22.7 Å². The number of carbonyl (C=O) groups excluding carboxylic acids is 1. The molecule has 0 aromatic heterocycles. The SMILES string of the molecule is CCc1cc(OCc2cccc(C(F)(F)F)c2)ccc1C(C)=O. The van der Waals surface area contributed by atoms with E-state index in [1.165, 1.54) is 13.0 Å². The number of alkyl halides is 3. The lowest BCUT2D eigenvalue weighted by Crippen LogP contribution is -2.06. The number of benzene rings is 2. The molecule has 5 heteroatoms. The molecule has 122 valence electrons. The first-order valence-electron chi connectivity index (χ1n) is 7.24. The van der Waals surface area contributed by atoms with E-state index >= 15 is 0 Å². The molecule has 0 fully saturated rings. The highest BCUT2D eigenvalue weighted by Gasteiger charge is 2.30. The number of aryl methyl sites for hydroxylation is 1. The molecule has 0 atom stereocenters. The van der Waals surface area contributed by atoms with Gasteiger partial charge in [0.1, 0.15) is 12.4 Å². The van der Waals surface area contributed by atoms with Crippen LogP contribution in [0.15, 0.2) is 42.5 Å². The molecule has 0 spiro atoms. The molecule has 0 heterocycles. The molecule has 0 amide bonds. The Bertz CT molecular complexity index is 706. The Morgan fingerprint density at radius 3 is 2.48 bits per heavy atom. The molecule has 0 bridgehead atoms. The fourth-order valence-electron chi connectivity index (χ4n) is 2.30. The van der Waals surface area contributed by atoms with Crippen LogP contribution in [0.25, 0.3) is 0 Å². The van der Waals surface area contributed by atoms with Crippen molar-refractivity contribution in [2.75, 3.05) is 0 Å². The Kier molecular flexibility index (Phi) is 5.08. The van der Waals surface area contributed by atoms with Crippen molar-refractivity contribution in [3.63, 3.8) is 0 Å². The first-order chi connectivity index (χ1) is 10.8. The predicted octanol–water partition coefficient (Wildman–Crippen LogP) is 5.05. The lowest BCUT2D eigenvalue weighted by atomic mass is 10.0. The smallest absolute Gasteiger partial charge is 0.416 e. The number of hydrogen-bond acceptors (Lipinski definition) is 2. The molecule has 2 rings (SSSR count). The highest BCUT2D eigenvalue weighted by Crippen LogP contribution is 2.30. The summed E-state index contributed by atoms with van der Waals surface area (Å²) in [6, 6.07) is 10.1. The Labute approximate surface area is 132 Å². The second kappa shape index (κ2) is 6.86. The van der Waals surface area contributed by atoms with Crippen LogP contribution in [0, 0.1) is 0 Å². The average molecular weight is 322 g/mol. The maximum atomic E-state index is 12.7. The quantitative estimate of drug-likeness (QED) is 0.720. The molecule has 0 unspecified atom stereocenters. The van der Waals surface area contributed by atoms with Gasteiger partial charge in [-0.3, -0.25) is 4.79 Å². The van der Waals surface area contributed by atoms with Crippen molar-refractivity contribution in [1.82, 2.24) is 0 Å². The van der Waals surface area contributed by atoms with Gasteiger partial charge in [-0.1, -0.05) is 19.1 Å². The number of ketones is 1. The molecule has 2 aromatic carbocycles. The van der Waals surface area contributed by atoms with Gasteiger partial charge in [0, 0.05) is 5.56 Å². The van der Waals surface area contributed by atoms with Crippen LogP contribution in [-0.2, 0) is 19.2 Å². The third-order valence-corrected chi connectivity index (χ3v) is 3.50. The van der Waals surface area contributed by atoms with Crippen molar-refractivity contribution in [3.8, 4) is 5.75 Å². The zero-order chi connectivity index (χ0) is 17.0. The first kappa shape index (κ1) is 17.1. The number of hydrogen-bond donors (Lipinski definition) is 0. The predicted molar refractivity (Wildman–Crippen MR) is 81.6 cm³/mol. The third-order valence-electron chi connectivity index (χ3n) is 3.50. The van der Waals surface area contributed by atoms with Gasteiger partial charge in [-0.15, -0.1) is 0 Å². The van der Waals surface area contributed by atoms with Crippen LogP contribution < -0.4 is 4.74 Å². The summed E-state index contributed by atoms with van der Waals surface area (Å²) in [5, 5.41) is 0. The van der Waals surface area contributed by atoms with Crippen LogP contribution in [0.4, 0.5) is 13.2 Å². The van der Waals surface area contributed by atoms with E-state index in [-0.39, 0.29) is 12.4 Å². The maximum Gasteiger partial charge on any atom is 0.416 e. The van der Waals surface area contributed by atoms with Crippen LogP contribution in [-0.4, -0.2) is 5.78 Å². The number of Topliss-reactive ketones (excluding diaryl/α,β-unsaturated/α-hetero) is 1. The fourth-order valence-corrected chi connectivity index (χ4v) is 2.30. The highest BCUT2D eigenvalue weighted by atomic mass is 19.4. The van der Waals surface area contributed by atoms with Crippen molar-refractivity contribution in [1.29, 1.82) is 0 Å². The number of halogens is 3. The van der Waals surface area contributed by atoms with Crippen molar-refractivity contribution >= 4 is 5.78 Å². The van der Waals surface area contributed by atoms with E-state index in [0.717, 1.165) is 17.7 Å². The monoisotopic (exact) mass is 322 g/mol. The normalized spacial score (nSPS) is 11.3. The molecule has 2 nitrogen and oxygen atoms in total. The Balaban J connectivity index is 2.14. The van der Waals surface area contributed by atoms with Crippen molar-refractivity contribution in [2.45, 2.75) is 33.1 Å². The lowest BCUT2D eigenvalue weighted by Gasteiger charge is -2.12. The van der Waals surface area contributed by atoms with Gasteiger partial charge in [0.2, 0.25) is 0 Å². The number of ether oxygens (including phenoxy) is 1. The fraction of sp³-hybridized carbons (Fsp3) is 0.278. The number of carbonyl (C=O) groups is 1. The number of rotatable bonds is 5. The zero-order valence-electron chi connectivity index (χ0n) is 12.9. The van der Waals surface area contributed by atoms with Gasteiger partial charge < -0.3 is 4.74 Å². The molecular formula is C18H17F3O2. The Morgan fingerprint density at radius 1 is 1.13 bits per heavy atom. The van der Waals surface area contributed by atoms with E-state index in [4.69, 9.17) is 4.74 Å². The van der Waals surface area contributed by atoms with Gasteiger partial charge in [0.25, 0.3) is 0 Å². The zero-order valence-corrected chi connectivity index (χ0v) is 12.9. The van der Waals surface area contributed by atoms with E-state index < -0.39 is 11.7 Å². The minimum Gasteiger partial charge on any atom is -0.489 e. The standard InChI is InChI=1S/C18H17F3O2/c1-3-14-10-16(7-8-17(14)12(2)22)23-11-13-5-4-6-15(9-13)18(19,20)21/h4-10H,3,11H2,1-2H3. The van der Waals surface area contributed by atoms with Crippen molar-refractivity contribution in [3.05, 3.63) is 64.7 Å². The average Bonchev–Trinajstić information content (AvgIpc) is 2.52. The van der Waals surface area contributed by atoms with E-state index in [1.54, 1.807) is 24.3 Å². The molecule has 0 radical (unpaired) electrons. The van der Waals surface area contributed by atoms with Gasteiger partial charge in [-0.2, -0.15) is 13.2 Å². The van der Waals surface area contributed by atoms with Crippen LogP contribution in [0.5, 0.6) is 5.75 Å². The largest absolute Gasteiger partial charge is 0.489 e. The summed E-state index contributed by atoms with van der Waals surface area (Å²) in [7, 11) is 0. The van der Waals surface area contributed by atoms with E-state index in [2.05, 4.69) is 0 Å². The van der Waals surface area contributed by atoms with Crippen molar-refractivity contribution in [2.24, 2.45) is 0 Å². The van der Waals surface area contributed by atoms with Crippen LogP contribution in [0.2, 0.25) is 0 Å². The van der Waals surface area contributed by atoms with Gasteiger partial charge >= 0.3 is 6.18 Å². The summed E-state index contributed by atoms with van der Waals surface area (Å²) in [5.41, 5.74) is 1.24. The van der Waals surface area contributed by atoms with Gasteiger partial charge in [-0.05, 0) is 54.8 Å². The molecule has 0 saturated heterocycles. The summed E-state index contributed by atoms with van der Waals surface area (Å²) in [6.45, 7) is 3.46. The highest BCUT2D eigenvalue weighted by molar-refractivity contribution is 5.95. The summed E-state index contributed by atoms with van der Waals surface area (Å²) in [4.78, 5) is 11.5. The molecule has 0 aliphatic carbocycles. The van der Waals surface area contributed by atoms with Gasteiger partial charge in [0.15, 0.2) is 5.78 Å². The lowest BCUT2D eigenvalue weighted by molar-refractivity contribution is -0.137. The van der Waals surface area contributed by atoms with E-state index in [1.807, 2.05) is 6.92 Å². The van der Waals surface area contributed by atoms with Crippen LogP contribution >= 0.6 is 0 Å². The summed E-state index contributed by atoms with van der Waals surface area (Å²) >= 11 is 0. The second-order valence-electron chi connectivity index (χ2n) is 5.22. The minimum absolute atomic E-state index is 0.0220. The molecule has 0 aliphatic rings. The molecule has 0 saturated carbocycles. The van der Waals surface area contributed by atoms with Crippen LogP contribution in [0.1, 0.15) is 40.9 Å². The molecule has 0 N–H and O–H groups in total. The van der Waals surface area contributed by atoms with E-state index in [9.17, 15) is 18.0 Å². The Hall–Kier alpha value is -2.30. The maximum absolute atomic E-state index is 12.7. The topological polar surface area (TPSA) is 26.3 Å². The molecule has 0 aliphatic heterocycles. The summed E-state index contributed by atoms with van der Waals surface area (Å²) < 4.78 is 43.6. The third kappa shape index (κ3) is 4.34. The summed E-state index contributed by atoms with van der Waals surface area (Å²) in [6.07, 6.45) is -3.69. The molecule has 2 aromatic rings.